The van der Waals surface area contributed by atoms with Gasteiger partial charge in [0.25, 0.3) is 0 Å². The van der Waals surface area contributed by atoms with Gasteiger partial charge in [-0.25, -0.2) is 9.97 Å². The van der Waals surface area contributed by atoms with Crippen molar-refractivity contribution < 1.29 is 9.47 Å². The van der Waals surface area contributed by atoms with E-state index in [9.17, 15) is 0 Å². The molecule has 0 amide bonds. The standard InChI is InChI=1S/C15H19N3O2S/c1-16-12(10-21-15-17-7-4-8-18-15)11-5-6-13(19-2)14(9-11)20-3/h4-9,12,16H,10H2,1-3H3. The maximum atomic E-state index is 5.35. The van der Waals surface area contributed by atoms with Gasteiger partial charge in [0, 0.05) is 24.2 Å². The number of rotatable bonds is 7. The predicted molar refractivity (Wildman–Crippen MR) is 84.1 cm³/mol. The molecule has 1 aromatic carbocycles. The van der Waals surface area contributed by atoms with E-state index in [-0.39, 0.29) is 6.04 Å². The van der Waals surface area contributed by atoms with E-state index in [1.54, 1.807) is 38.4 Å². The fourth-order valence-corrected chi connectivity index (χ4v) is 2.88. The molecular weight excluding hydrogens is 286 g/mol. The molecule has 1 unspecified atom stereocenters. The molecule has 1 N–H and O–H groups in total. The lowest BCUT2D eigenvalue weighted by molar-refractivity contribution is 0.354. The van der Waals surface area contributed by atoms with Crippen LogP contribution < -0.4 is 14.8 Å². The highest BCUT2D eigenvalue weighted by atomic mass is 32.2. The number of ether oxygens (including phenoxy) is 2. The summed E-state index contributed by atoms with van der Waals surface area (Å²) in [5, 5.41) is 4.08. The van der Waals surface area contributed by atoms with Crippen LogP contribution in [0.3, 0.4) is 0 Å². The molecule has 112 valence electrons. The highest BCUT2D eigenvalue weighted by molar-refractivity contribution is 7.99. The first kappa shape index (κ1) is 15.6. The molecule has 0 saturated carbocycles. The number of methoxy groups -OCH3 is 2. The zero-order valence-electron chi connectivity index (χ0n) is 12.4. The second-order valence-electron chi connectivity index (χ2n) is 4.30. The monoisotopic (exact) mass is 305 g/mol. The van der Waals surface area contributed by atoms with Crippen molar-refractivity contribution in [3.8, 4) is 11.5 Å². The summed E-state index contributed by atoms with van der Waals surface area (Å²) in [7, 11) is 5.21. The topological polar surface area (TPSA) is 56.3 Å². The summed E-state index contributed by atoms with van der Waals surface area (Å²) < 4.78 is 10.6. The van der Waals surface area contributed by atoms with Gasteiger partial charge in [0.05, 0.1) is 14.2 Å². The minimum absolute atomic E-state index is 0.179. The Morgan fingerprint density at radius 2 is 1.86 bits per heavy atom. The third kappa shape index (κ3) is 4.09. The summed E-state index contributed by atoms with van der Waals surface area (Å²) in [5.74, 6) is 2.29. The van der Waals surface area contributed by atoms with Gasteiger partial charge in [-0.1, -0.05) is 17.8 Å². The molecule has 0 fully saturated rings. The largest absolute Gasteiger partial charge is 0.493 e. The quantitative estimate of drug-likeness (QED) is 0.627. The van der Waals surface area contributed by atoms with E-state index in [0.29, 0.717) is 0 Å². The average Bonchev–Trinajstić information content (AvgIpc) is 2.56. The molecule has 0 bridgehead atoms. The molecular formula is C15H19N3O2S. The molecule has 0 spiro atoms. The highest BCUT2D eigenvalue weighted by Crippen LogP contribution is 2.31. The number of benzene rings is 1. The lowest BCUT2D eigenvalue weighted by atomic mass is 10.1. The van der Waals surface area contributed by atoms with Crippen LogP contribution in [0.15, 0.2) is 41.8 Å². The van der Waals surface area contributed by atoms with Crippen molar-refractivity contribution in [3.63, 3.8) is 0 Å². The van der Waals surface area contributed by atoms with Crippen LogP contribution in [0.5, 0.6) is 11.5 Å². The Bertz CT molecular complexity index is 566. The Labute approximate surface area is 129 Å². The summed E-state index contributed by atoms with van der Waals surface area (Å²) in [6.07, 6.45) is 3.50. The molecule has 0 aliphatic rings. The molecule has 0 radical (unpaired) electrons. The summed E-state index contributed by atoms with van der Waals surface area (Å²) in [6.45, 7) is 0. The number of nitrogens with one attached hydrogen (secondary N) is 1. The molecule has 5 nitrogen and oxygen atoms in total. The SMILES string of the molecule is CNC(CSc1ncccn1)c1ccc(OC)c(OC)c1. The first-order chi connectivity index (χ1) is 10.3. The van der Waals surface area contributed by atoms with Crippen LogP contribution in [0.1, 0.15) is 11.6 Å². The first-order valence-electron chi connectivity index (χ1n) is 6.57. The highest BCUT2D eigenvalue weighted by Gasteiger charge is 2.13. The third-order valence-corrected chi connectivity index (χ3v) is 4.05. The van der Waals surface area contributed by atoms with Crippen LogP contribution in [-0.4, -0.2) is 37.0 Å². The molecule has 1 atom stereocenters. The number of hydrogen-bond donors (Lipinski definition) is 1. The molecule has 1 heterocycles. The lowest BCUT2D eigenvalue weighted by Crippen LogP contribution is -2.19. The van der Waals surface area contributed by atoms with Crippen molar-refractivity contribution in [1.29, 1.82) is 0 Å². The Morgan fingerprint density at radius 1 is 1.14 bits per heavy atom. The maximum absolute atomic E-state index is 5.35. The van der Waals surface area contributed by atoms with Crippen LogP contribution in [0.25, 0.3) is 0 Å². The smallest absolute Gasteiger partial charge is 0.187 e. The van der Waals surface area contributed by atoms with Crippen molar-refractivity contribution in [2.75, 3.05) is 27.0 Å². The van der Waals surface area contributed by atoms with Crippen molar-refractivity contribution in [2.24, 2.45) is 0 Å². The van der Waals surface area contributed by atoms with E-state index in [1.807, 2.05) is 31.3 Å². The van der Waals surface area contributed by atoms with E-state index >= 15 is 0 Å². The van der Waals surface area contributed by atoms with Crippen LogP contribution >= 0.6 is 11.8 Å². The van der Waals surface area contributed by atoms with Crippen molar-refractivity contribution in [1.82, 2.24) is 15.3 Å². The van der Waals surface area contributed by atoms with Gasteiger partial charge in [-0.2, -0.15) is 0 Å². The second kappa shape index (κ2) is 7.85. The Kier molecular flexibility index (Phi) is 5.83. The van der Waals surface area contributed by atoms with Gasteiger partial charge in [0.15, 0.2) is 16.7 Å². The maximum Gasteiger partial charge on any atom is 0.187 e. The fraction of sp³-hybridized carbons (Fsp3) is 0.333. The van der Waals surface area contributed by atoms with Crippen molar-refractivity contribution in [3.05, 3.63) is 42.2 Å². The molecule has 2 rings (SSSR count). The van der Waals surface area contributed by atoms with Gasteiger partial charge >= 0.3 is 0 Å². The van der Waals surface area contributed by atoms with Crippen LogP contribution in [0, 0.1) is 0 Å². The Balaban J connectivity index is 2.10. The summed E-state index contributed by atoms with van der Waals surface area (Å²) >= 11 is 1.61. The van der Waals surface area contributed by atoms with Crippen molar-refractivity contribution >= 4 is 11.8 Å². The third-order valence-electron chi connectivity index (χ3n) is 3.08. The van der Waals surface area contributed by atoms with Gasteiger partial charge < -0.3 is 14.8 Å². The lowest BCUT2D eigenvalue weighted by Gasteiger charge is -2.17. The van der Waals surface area contributed by atoms with Gasteiger partial charge in [0.2, 0.25) is 0 Å². The van der Waals surface area contributed by atoms with E-state index in [2.05, 4.69) is 15.3 Å². The minimum Gasteiger partial charge on any atom is -0.493 e. The number of hydrogen-bond acceptors (Lipinski definition) is 6. The summed E-state index contributed by atoms with van der Waals surface area (Å²) in [4.78, 5) is 8.44. The molecule has 6 heteroatoms. The molecule has 0 aliphatic carbocycles. The number of aromatic nitrogens is 2. The molecule has 0 saturated heterocycles. The van der Waals surface area contributed by atoms with Crippen LogP contribution in [-0.2, 0) is 0 Å². The minimum atomic E-state index is 0.179. The van der Waals surface area contributed by atoms with Crippen LogP contribution in [0.2, 0.25) is 0 Å². The van der Waals surface area contributed by atoms with Gasteiger partial charge in [-0.3, -0.25) is 0 Å². The van der Waals surface area contributed by atoms with E-state index in [4.69, 9.17) is 9.47 Å². The number of nitrogens with zero attached hydrogens (tertiary/aromatic N) is 2. The fourth-order valence-electron chi connectivity index (χ4n) is 1.93. The van der Waals surface area contributed by atoms with Crippen LogP contribution in [0.4, 0.5) is 0 Å². The zero-order chi connectivity index (χ0) is 15.1. The van der Waals surface area contributed by atoms with E-state index in [1.165, 1.54) is 0 Å². The molecule has 0 aliphatic heterocycles. The van der Waals surface area contributed by atoms with Gasteiger partial charge in [0.1, 0.15) is 0 Å². The Hall–Kier alpha value is -1.79. The second-order valence-corrected chi connectivity index (χ2v) is 5.29. The van der Waals surface area contributed by atoms with E-state index < -0.39 is 0 Å². The number of thioether (sulfide) groups is 1. The van der Waals surface area contributed by atoms with E-state index in [0.717, 1.165) is 28.0 Å². The zero-order valence-corrected chi connectivity index (χ0v) is 13.2. The molecule has 1 aromatic heterocycles. The summed E-state index contributed by atoms with van der Waals surface area (Å²) in [6, 6.07) is 7.94. The predicted octanol–water partition coefficient (Wildman–Crippen LogP) is 2.55. The normalized spacial score (nSPS) is 12.0. The summed E-state index contributed by atoms with van der Waals surface area (Å²) in [5.41, 5.74) is 1.14. The Morgan fingerprint density at radius 3 is 2.48 bits per heavy atom. The first-order valence-corrected chi connectivity index (χ1v) is 7.56. The van der Waals surface area contributed by atoms with Gasteiger partial charge in [-0.15, -0.1) is 0 Å². The van der Waals surface area contributed by atoms with Gasteiger partial charge in [-0.05, 0) is 30.8 Å². The molecule has 21 heavy (non-hydrogen) atoms. The molecule has 2 aromatic rings. The average molecular weight is 305 g/mol. The van der Waals surface area contributed by atoms with Crippen molar-refractivity contribution in [2.45, 2.75) is 11.2 Å².